The van der Waals surface area contributed by atoms with Gasteiger partial charge < -0.3 is 21.1 Å². The van der Waals surface area contributed by atoms with Crippen LogP contribution in [0.5, 0.6) is 0 Å². The van der Waals surface area contributed by atoms with Crippen LogP contribution in [0.4, 0.5) is 5.69 Å². The minimum absolute atomic E-state index is 0.00606. The molecule has 8 heteroatoms. The molecule has 19 heavy (non-hydrogen) atoms. The number of carboxylic acid groups (broad SMARTS) is 1. The summed E-state index contributed by atoms with van der Waals surface area (Å²) in [6.45, 7) is 0.00606. The second-order valence-corrected chi connectivity index (χ2v) is 3.91. The van der Waals surface area contributed by atoms with Crippen molar-refractivity contribution < 1.29 is 20.1 Å². The fourth-order valence-electron chi connectivity index (χ4n) is 1.62. The number of azide groups is 1. The number of nitrogens with two attached hydrogens (primary N) is 1. The van der Waals surface area contributed by atoms with E-state index in [1.165, 1.54) is 18.2 Å². The van der Waals surface area contributed by atoms with Crippen LogP contribution in [0.1, 0.15) is 28.4 Å². The smallest absolute Gasteiger partial charge is 0.336 e. The predicted octanol–water partition coefficient (Wildman–Crippen LogP) is 1.06. The third-order valence-electron chi connectivity index (χ3n) is 2.58. The van der Waals surface area contributed by atoms with Gasteiger partial charge in [0.2, 0.25) is 0 Å². The molecule has 1 aromatic carbocycles. The van der Waals surface area contributed by atoms with Crippen LogP contribution in [0, 0.1) is 0 Å². The van der Waals surface area contributed by atoms with Crippen molar-refractivity contribution in [3.63, 3.8) is 0 Å². The first-order chi connectivity index (χ1) is 8.97. The summed E-state index contributed by atoms with van der Waals surface area (Å²) >= 11 is 0. The quantitative estimate of drug-likeness (QED) is 0.262. The van der Waals surface area contributed by atoms with Gasteiger partial charge in [0.25, 0.3) is 0 Å². The number of aromatic carboxylic acids is 1. The predicted molar refractivity (Wildman–Crippen MR) is 67.4 cm³/mol. The number of carboxylic acids is 1. The highest BCUT2D eigenvalue weighted by Gasteiger charge is 2.23. The maximum Gasteiger partial charge on any atom is 0.336 e. The molecule has 0 aliphatic rings. The zero-order valence-corrected chi connectivity index (χ0v) is 9.97. The standard InChI is InChI=1S/C11H14N4O4/c12-6-1-2-7(8(5-6)11(18)19)10(17)9(16)3-4-14-15-13/h1-2,5,9-10,16-17H,3-4,12H2,(H,18,19). The number of nitrogen functional groups attached to an aromatic ring is 1. The van der Waals surface area contributed by atoms with E-state index in [-0.39, 0.29) is 29.8 Å². The molecular formula is C11H14N4O4. The van der Waals surface area contributed by atoms with Crippen molar-refractivity contribution >= 4 is 11.7 Å². The van der Waals surface area contributed by atoms with Gasteiger partial charge in [0.15, 0.2) is 0 Å². The summed E-state index contributed by atoms with van der Waals surface area (Å²) in [5.74, 6) is -1.25. The van der Waals surface area contributed by atoms with E-state index in [1.807, 2.05) is 0 Å². The van der Waals surface area contributed by atoms with Gasteiger partial charge in [-0.25, -0.2) is 4.79 Å². The van der Waals surface area contributed by atoms with Crippen molar-refractivity contribution in [1.82, 2.24) is 0 Å². The second-order valence-electron chi connectivity index (χ2n) is 3.91. The Kier molecular flexibility index (Phi) is 5.13. The molecule has 0 aliphatic heterocycles. The SMILES string of the molecule is [N-]=[N+]=NCCC(O)C(O)c1ccc(N)cc1C(=O)O. The summed E-state index contributed by atoms with van der Waals surface area (Å²) in [4.78, 5) is 13.6. The van der Waals surface area contributed by atoms with Crippen LogP contribution in [0.3, 0.4) is 0 Å². The van der Waals surface area contributed by atoms with Gasteiger partial charge in [0, 0.05) is 17.1 Å². The molecule has 1 rings (SSSR count). The molecule has 0 aliphatic carbocycles. The lowest BCUT2D eigenvalue weighted by molar-refractivity contribution is 0.0141. The van der Waals surface area contributed by atoms with E-state index in [9.17, 15) is 15.0 Å². The topological polar surface area (TPSA) is 153 Å². The first-order valence-electron chi connectivity index (χ1n) is 5.47. The summed E-state index contributed by atoms with van der Waals surface area (Å²) in [6.07, 6.45) is -2.60. The molecule has 0 aromatic heterocycles. The highest BCUT2D eigenvalue weighted by Crippen LogP contribution is 2.24. The van der Waals surface area contributed by atoms with Crippen molar-refractivity contribution in [2.75, 3.05) is 12.3 Å². The molecule has 2 unspecified atom stereocenters. The van der Waals surface area contributed by atoms with Crippen LogP contribution in [0.2, 0.25) is 0 Å². The van der Waals surface area contributed by atoms with Gasteiger partial charge >= 0.3 is 5.97 Å². The number of aliphatic hydroxyl groups is 2. The maximum atomic E-state index is 11.0. The first kappa shape index (κ1) is 14.8. The van der Waals surface area contributed by atoms with E-state index in [0.29, 0.717) is 0 Å². The van der Waals surface area contributed by atoms with Gasteiger partial charge in [0.1, 0.15) is 6.10 Å². The third-order valence-corrected chi connectivity index (χ3v) is 2.58. The zero-order valence-electron chi connectivity index (χ0n) is 9.97. The van der Waals surface area contributed by atoms with E-state index in [1.54, 1.807) is 0 Å². The Morgan fingerprint density at radius 2 is 2.16 bits per heavy atom. The average Bonchev–Trinajstić information content (AvgIpc) is 2.38. The zero-order chi connectivity index (χ0) is 14.4. The number of rotatable bonds is 6. The molecule has 2 atom stereocenters. The summed E-state index contributed by atoms with van der Waals surface area (Å²) in [6, 6.07) is 3.99. The van der Waals surface area contributed by atoms with Crippen LogP contribution < -0.4 is 5.73 Å². The van der Waals surface area contributed by atoms with E-state index < -0.39 is 18.2 Å². The molecule has 0 saturated heterocycles. The largest absolute Gasteiger partial charge is 0.478 e. The molecule has 5 N–H and O–H groups in total. The van der Waals surface area contributed by atoms with Crippen molar-refractivity contribution in [1.29, 1.82) is 0 Å². The summed E-state index contributed by atoms with van der Waals surface area (Å²) in [7, 11) is 0. The van der Waals surface area contributed by atoms with Gasteiger partial charge in [-0.05, 0) is 29.6 Å². The molecule has 0 heterocycles. The van der Waals surface area contributed by atoms with Crippen molar-refractivity contribution in [3.05, 3.63) is 39.8 Å². The Bertz CT molecular complexity index is 513. The minimum atomic E-state index is -1.39. The van der Waals surface area contributed by atoms with E-state index in [2.05, 4.69) is 10.0 Å². The normalized spacial score (nSPS) is 13.4. The van der Waals surface area contributed by atoms with Crippen molar-refractivity contribution in [3.8, 4) is 0 Å². The Hall–Kier alpha value is -2.28. The van der Waals surface area contributed by atoms with Gasteiger partial charge in [0.05, 0.1) is 11.7 Å². The van der Waals surface area contributed by atoms with Gasteiger partial charge in [-0.1, -0.05) is 11.2 Å². The number of hydrogen-bond donors (Lipinski definition) is 4. The van der Waals surface area contributed by atoms with Crippen LogP contribution in [-0.2, 0) is 0 Å². The van der Waals surface area contributed by atoms with Gasteiger partial charge in [-0.15, -0.1) is 0 Å². The second kappa shape index (κ2) is 6.60. The molecule has 0 radical (unpaired) electrons. The minimum Gasteiger partial charge on any atom is -0.478 e. The number of aliphatic hydroxyl groups excluding tert-OH is 2. The average molecular weight is 266 g/mol. The first-order valence-corrected chi connectivity index (χ1v) is 5.47. The molecule has 102 valence electrons. The molecular weight excluding hydrogens is 252 g/mol. The highest BCUT2D eigenvalue weighted by atomic mass is 16.4. The lowest BCUT2D eigenvalue weighted by Gasteiger charge is -2.19. The van der Waals surface area contributed by atoms with Crippen LogP contribution in [0.15, 0.2) is 23.3 Å². The fourth-order valence-corrected chi connectivity index (χ4v) is 1.62. The number of benzene rings is 1. The lowest BCUT2D eigenvalue weighted by atomic mass is 9.96. The summed E-state index contributed by atoms with van der Waals surface area (Å²) < 4.78 is 0. The molecule has 8 nitrogen and oxygen atoms in total. The highest BCUT2D eigenvalue weighted by molar-refractivity contribution is 5.90. The Morgan fingerprint density at radius 3 is 2.74 bits per heavy atom. The maximum absolute atomic E-state index is 11.0. The molecule has 0 spiro atoms. The molecule has 0 saturated carbocycles. The number of carbonyl (C=O) groups is 1. The molecule has 0 bridgehead atoms. The lowest BCUT2D eigenvalue weighted by Crippen LogP contribution is -2.21. The van der Waals surface area contributed by atoms with E-state index in [0.717, 1.165) is 0 Å². The molecule has 0 amide bonds. The van der Waals surface area contributed by atoms with E-state index in [4.69, 9.17) is 16.4 Å². The number of anilines is 1. The van der Waals surface area contributed by atoms with Crippen LogP contribution in [-0.4, -0.2) is 33.9 Å². The van der Waals surface area contributed by atoms with Crippen LogP contribution in [0.25, 0.3) is 10.4 Å². The molecule has 0 fully saturated rings. The number of hydrogen-bond acceptors (Lipinski definition) is 5. The Morgan fingerprint density at radius 1 is 1.47 bits per heavy atom. The third kappa shape index (κ3) is 3.85. The summed E-state index contributed by atoms with van der Waals surface area (Å²) in [5, 5.41) is 31.9. The Labute approximate surface area is 108 Å². The Balaban J connectivity index is 2.95. The fraction of sp³-hybridized carbons (Fsp3) is 0.364. The monoisotopic (exact) mass is 266 g/mol. The van der Waals surface area contributed by atoms with Crippen molar-refractivity contribution in [2.45, 2.75) is 18.6 Å². The number of nitrogens with zero attached hydrogens (tertiary/aromatic N) is 3. The van der Waals surface area contributed by atoms with Crippen LogP contribution >= 0.6 is 0 Å². The summed E-state index contributed by atoms with van der Waals surface area (Å²) in [5.41, 5.74) is 13.7. The molecule has 1 aromatic rings. The van der Waals surface area contributed by atoms with Gasteiger partial charge in [-0.2, -0.15) is 0 Å². The van der Waals surface area contributed by atoms with E-state index >= 15 is 0 Å². The van der Waals surface area contributed by atoms with Crippen molar-refractivity contribution in [2.24, 2.45) is 5.11 Å². The van der Waals surface area contributed by atoms with Gasteiger partial charge in [-0.3, -0.25) is 0 Å².